The molecule has 1 amide bonds. The first kappa shape index (κ1) is 29.7. The molecule has 0 bridgehead atoms. The van der Waals surface area contributed by atoms with Crippen LogP contribution < -0.4 is 14.4 Å². The van der Waals surface area contributed by atoms with Crippen LogP contribution >= 0.6 is 0 Å². The number of amides is 1. The maximum atomic E-state index is 14.2. The molecule has 2 saturated heterocycles. The molecule has 12 heteroatoms. The van der Waals surface area contributed by atoms with Gasteiger partial charge in [-0.3, -0.25) is 4.79 Å². The molecule has 1 aromatic heterocycles. The second-order valence-corrected chi connectivity index (χ2v) is 14.1. The predicted molar refractivity (Wildman–Crippen MR) is 155 cm³/mol. The van der Waals surface area contributed by atoms with Gasteiger partial charge in [-0.15, -0.1) is 0 Å². The summed E-state index contributed by atoms with van der Waals surface area (Å²) >= 11 is 0. The van der Waals surface area contributed by atoms with Crippen molar-refractivity contribution in [3.63, 3.8) is 0 Å². The number of benzene rings is 1. The van der Waals surface area contributed by atoms with Gasteiger partial charge in [0.1, 0.15) is 17.9 Å². The van der Waals surface area contributed by atoms with Crippen molar-refractivity contribution in [2.24, 2.45) is 11.3 Å². The van der Waals surface area contributed by atoms with Crippen LogP contribution in [-0.2, 0) is 10.0 Å². The third-order valence-corrected chi connectivity index (χ3v) is 10.0. The van der Waals surface area contributed by atoms with Crippen LogP contribution in [0.5, 0.6) is 11.5 Å². The van der Waals surface area contributed by atoms with Crippen LogP contribution in [0.4, 0.5) is 10.2 Å². The van der Waals surface area contributed by atoms with E-state index in [1.165, 1.54) is 24.5 Å². The average Bonchev–Trinajstić information content (AvgIpc) is 3.36. The summed E-state index contributed by atoms with van der Waals surface area (Å²) in [7, 11) is -3.14. The van der Waals surface area contributed by atoms with Crippen molar-refractivity contribution in [3.05, 3.63) is 42.1 Å². The Morgan fingerprint density at radius 3 is 2.68 bits per heavy atom. The molecule has 1 N–H and O–H groups in total. The van der Waals surface area contributed by atoms with Crippen LogP contribution in [0, 0.1) is 17.2 Å². The topological polar surface area (TPSA) is 108 Å². The number of ether oxygens (including phenoxy) is 1. The molecule has 1 spiro atoms. The van der Waals surface area contributed by atoms with Crippen LogP contribution in [0.2, 0.25) is 0 Å². The van der Waals surface area contributed by atoms with Crippen LogP contribution in [-0.4, -0.2) is 91.2 Å². The lowest BCUT2D eigenvalue weighted by Crippen LogP contribution is -2.67. The van der Waals surface area contributed by atoms with Gasteiger partial charge in [-0.25, -0.2) is 27.5 Å². The zero-order valence-electron chi connectivity index (χ0n) is 24.3. The molecule has 5 rings (SSSR count). The highest BCUT2D eigenvalue weighted by atomic mass is 32.2. The first-order chi connectivity index (χ1) is 19.5. The molecule has 0 radical (unpaired) electrons. The van der Waals surface area contributed by atoms with E-state index < -0.39 is 15.8 Å². The van der Waals surface area contributed by atoms with Gasteiger partial charge in [0.05, 0.1) is 17.5 Å². The fourth-order valence-electron chi connectivity index (χ4n) is 6.63. The van der Waals surface area contributed by atoms with Crippen molar-refractivity contribution in [2.75, 3.05) is 49.9 Å². The van der Waals surface area contributed by atoms with Crippen LogP contribution in [0.3, 0.4) is 0 Å². The summed E-state index contributed by atoms with van der Waals surface area (Å²) in [6.45, 7) is 12.6. The molecule has 1 aromatic carbocycles. The number of rotatable bonds is 11. The Morgan fingerprint density at radius 2 is 2.00 bits per heavy atom. The Kier molecular flexibility index (Phi) is 8.54. The van der Waals surface area contributed by atoms with Crippen LogP contribution in [0.15, 0.2) is 30.7 Å². The summed E-state index contributed by atoms with van der Waals surface area (Å²) in [5, 5.41) is 0. The zero-order chi connectivity index (χ0) is 29.4. The Labute approximate surface area is 242 Å². The minimum atomic E-state index is -3.14. The summed E-state index contributed by atoms with van der Waals surface area (Å²) in [5.41, 5.74) is 0.433. The van der Waals surface area contributed by atoms with E-state index in [0.717, 1.165) is 52.0 Å². The lowest BCUT2D eigenvalue weighted by Gasteiger charge is -2.59. The maximum absolute atomic E-state index is 14.2. The molecule has 1 aliphatic carbocycles. The molecule has 224 valence electrons. The summed E-state index contributed by atoms with van der Waals surface area (Å²) in [4.78, 5) is 28.3. The van der Waals surface area contributed by atoms with Gasteiger partial charge in [-0.1, -0.05) is 0 Å². The number of halogens is 1. The van der Waals surface area contributed by atoms with E-state index in [1.54, 1.807) is 18.0 Å². The Bertz CT molecular complexity index is 1360. The minimum absolute atomic E-state index is 0.0401. The standard InChI is InChI=1S/C29H41FN6O4S/c1-5-36(20(3)4)28(37)24-11-22(30)7-8-25(24)40-26-14-31-19-32-27(26)35-10-9-21(16-35)15-34-17-29(18-34)12-23(13-29)33-41(38,39)6-2/h7-8,11,14,19-21,23,33H,5-6,9-10,12-13,15-18H2,1-4H3/t21-/m1/s1. The van der Waals surface area contributed by atoms with Gasteiger partial charge in [0.15, 0.2) is 11.6 Å². The first-order valence-corrected chi connectivity index (χ1v) is 16.2. The van der Waals surface area contributed by atoms with E-state index >= 15 is 0 Å². The lowest BCUT2D eigenvalue weighted by molar-refractivity contribution is -0.0789. The molecule has 3 heterocycles. The molecule has 2 aromatic rings. The van der Waals surface area contributed by atoms with Gasteiger partial charge in [-0.2, -0.15) is 0 Å². The van der Waals surface area contributed by atoms with E-state index in [9.17, 15) is 17.6 Å². The third-order valence-electron chi connectivity index (χ3n) is 8.58. The van der Waals surface area contributed by atoms with Gasteiger partial charge in [-0.05, 0) is 76.5 Å². The van der Waals surface area contributed by atoms with Crippen molar-refractivity contribution >= 4 is 21.7 Å². The number of nitrogens with zero attached hydrogens (tertiary/aromatic N) is 5. The molecule has 1 atom stereocenters. The second-order valence-electron chi connectivity index (χ2n) is 12.0. The van der Waals surface area contributed by atoms with Crippen LogP contribution in [0.25, 0.3) is 0 Å². The smallest absolute Gasteiger partial charge is 0.257 e. The monoisotopic (exact) mass is 588 g/mol. The molecule has 10 nitrogen and oxygen atoms in total. The highest BCUT2D eigenvalue weighted by Crippen LogP contribution is 2.49. The highest BCUT2D eigenvalue weighted by Gasteiger charge is 2.53. The van der Waals surface area contributed by atoms with Gasteiger partial charge in [0.25, 0.3) is 5.91 Å². The van der Waals surface area contributed by atoms with Gasteiger partial charge < -0.3 is 19.4 Å². The van der Waals surface area contributed by atoms with E-state index in [0.29, 0.717) is 24.0 Å². The number of nitrogens with one attached hydrogen (secondary N) is 1. The Balaban J connectivity index is 1.20. The number of hydrogen-bond acceptors (Lipinski definition) is 8. The molecule has 2 aliphatic heterocycles. The normalized spacial score (nSPS) is 20.7. The maximum Gasteiger partial charge on any atom is 0.257 e. The average molecular weight is 589 g/mol. The molecule has 1 saturated carbocycles. The number of aromatic nitrogens is 2. The van der Waals surface area contributed by atoms with Crippen molar-refractivity contribution in [1.82, 2.24) is 24.5 Å². The first-order valence-electron chi connectivity index (χ1n) is 14.6. The fourth-order valence-corrected chi connectivity index (χ4v) is 7.47. The lowest BCUT2D eigenvalue weighted by atomic mass is 9.61. The number of carbonyl (C=O) groups is 1. The number of sulfonamides is 1. The summed E-state index contributed by atoms with van der Waals surface area (Å²) in [6.07, 6.45) is 5.94. The van der Waals surface area contributed by atoms with Gasteiger partial charge in [0.2, 0.25) is 10.0 Å². The minimum Gasteiger partial charge on any atom is -0.451 e. The number of carbonyl (C=O) groups excluding carboxylic acids is 1. The van der Waals surface area contributed by atoms with E-state index in [2.05, 4.69) is 24.5 Å². The molecule has 3 fully saturated rings. The van der Waals surface area contributed by atoms with E-state index in [4.69, 9.17) is 4.74 Å². The highest BCUT2D eigenvalue weighted by molar-refractivity contribution is 7.89. The summed E-state index contributed by atoms with van der Waals surface area (Å²) in [6, 6.07) is 4.03. The van der Waals surface area contributed by atoms with E-state index in [1.807, 2.05) is 20.8 Å². The van der Waals surface area contributed by atoms with Crippen LogP contribution in [0.1, 0.15) is 57.3 Å². The molecular formula is C29H41FN6O4S. The second kappa shape index (κ2) is 11.8. The zero-order valence-corrected chi connectivity index (χ0v) is 25.2. The summed E-state index contributed by atoms with van der Waals surface area (Å²) < 4.78 is 46.9. The quantitative estimate of drug-likeness (QED) is 0.425. The fraction of sp³-hybridized carbons (Fsp3) is 0.621. The van der Waals surface area contributed by atoms with Crippen molar-refractivity contribution < 1.29 is 22.3 Å². The molecule has 0 unspecified atom stereocenters. The third kappa shape index (κ3) is 6.49. The summed E-state index contributed by atoms with van der Waals surface area (Å²) in [5.74, 6) is 1.17. The SMILES string of the molecule is CCN(C(=O)c1cc(F)ccc1Oc1cncnc1N1CC[C@H](CN2CC3(CC(NS(=O)(=O)CC)C3)C2)C1)C(C)C. The van der Waals surface area contributed by atoms with E-state index in [-0.39, 0.29) is 40.5 Å². The largest absolute Gasteiger partial charge is 0.451 e. The van der Waals surface area contributed by atoms with Gasteiger partial charge >= 0.3 is 0 Å². The number of anilines is 1. The number of likely N-dealkylation sites (tertiary alicyclic amines) is 1. The van der Waals surface area contributed by atoms with Crippen molar-refractivity contribution in [1.29, 1.82) is 0 Å². The molecule has 41 heavy (non-hydrogen) atoms. The molecular weight excluding hydrogens is 547 g/mol. The Morgan fingerprint density at radius 1 is 1.24 bits per heavy atom. The van der Waals surface area contributed by atoms with Crippen molar-refractivity contribution in [3.8, 4) is 11.5 Å². The molecule has 3 aliphatic rings. The Hall–Kier alpha value is -2.83. The van der Waals surface area contributed by atoms with Crippen molar-refractivity contribution in [2.45, 2.75) is 59.0 Å². The predicted octanol–water partition coefficient (Wildman–Crippen LogP) is 3.51. The van der Waals surface area contributed by atoms with Gasteiger partial charge in [0, 0.05) is 51.4 Å². The number of hydrogen-bond donors (Lipinski definition) is 1.